The van der Waals surface area contributed by atoms with Crippen LogP contribution < -0.4 is 5.32 Å². The number of hydrogen-bond donors (Lipinski definition) is 1. The normalized spacial score (nSPS) is 21.3. The lowest BCUT2D eigenvalue weighted by molar-refractivity contribution is -0.154. The van der Waals surface area contributed by atoms with Crippen molar-refractivity contribution >= 4 is 29.4 Å². The molecule has 7 nitrogen and oxygen atoms in total. The summed E-state index contributed by atoms with van der Waals surface area (Å²) < 4.78 is 5.03. The summed E-state index contributed by atoms with van der Waals surface area (Å²) in [6, 6.07) is 5.78. The monoisotopic (exact) mass is 400 g/mol. The van der Waals surface area contributed by atoms with Gasteiger partial charge in [0.05, 0.1) is 11.8 Å². The summed E-state index contributed by atoms with van der Waals surface area (Å²) in [6.07, 6.45) is 3.24. The van der Waals surface area contributed by atoms with Gasteiger partial charge in [-0.3, -0.25) is 24.1 Å². The Morgan fingerprint density at radius 2 is 1.76 bits per heavy atom. The number of imide groups is 1. The molecule has 2 atom stereocenters. The number of carbonyl (C=O) groups is 4. The van der Waals surface area contributed by atoms with E-state index in [0.717, 1.165) is 34.6 Å². The Morgan fingerprint density at radius 3 is 2.34 bits per heavy atom. The molecule has 29 heavy (non-hydrogen) atoms. The molecule has 0 radical (unpaired) electrons. The minimum atomic E-state index is -0.755. The van der Waals surface area contributed by atoms with E-state index in [4.69, 9.17) is 4.74 Å². The molecule has 1 heterocycles. The number of carbonyl (C=O) groups excluding carboxylic acids is 4. The number of ether oxygens (including phenoxy) is 1. The molecule has 2 aliphatic rings. The van der Waals surface area contributed by atoms with Crippen molar-refractivity contribution in [2.24, 2.45) is 11.8 Å². The van der Waals surface area contributed by atoms with Gasteiger partial charge in [0.25, 0.3) is 5.91 Å². The average molecular weight is 400 g/mol. The quantitative estimate of drug-likeness (QED) is 0.585. The predicted molar refractivity (Wildman–Crippen MR) is 107 cm³/mol. The molecule has 0 spiro atoms. The fraction of sp³-hybridized carbons (Fsp3) is 0.545. The van der Waals surface area contributed by atoms with Crippen LogP contribution >= 0.6 is 0 Å². The van der Waals surface area contributed by atoms with Gasteiger partial charge in [0.2, 0.25) is 11.8 Å². The number of rotatable bonds is 6. The molecule has 1 N–H and O–H groups in total. The van der Waals surface area contributed by atoms with Crippen molar-refractivity contribution in [2.75, 3.05) is 18.5 Å². The van der Waals surface area contributed by atoms with Gasteiger partial charge in [-0.25, -0.2) is 0 Å². The molecule has 156 valence electrons. The zero-order chi connectivity index (χ0) is 21.1. The summed E-state index contributed by atoms with van der Waals surface area (Å²) in [5, 5.41) is 2.80. The number of esters is 1. The van der Waals surface area contributed by atoms with Crippen molar-refractivity contribution in [1.82, 2.24) is 4.90 Å². The molecule has 1 saturated heterocycles. The lowest BCUT2D eigenvalue weighted by atomic mass is 9.81. The third kappa shape index (κ3) is 4.49. The van der Waals surface area contributed by atoms with Gasteiger partial charge in [0, 0.05) is 5.69 Å². The first-order valence-corrected chi connectivity index (χ1v) is 10.2. The van der Waals surface area contributed by atoms with Crippen LogP contribution in [0.2, 0.25) is 0 Å². The van der Waals surface area contributed by atoms with Gasteiger partial charge in [-0.2, -0.15) is 0 Å². The predicted octanol–water partition coefficient (Wildman–Crippen LogP) is 2.78. The summed E-state index contributed by atoms with van der Waals surface area (Å²) in [7, 11) is 0. The molecule has 0 unspecified atom stereocenters. The van der Waals surface area contributed by atoms with Crippen molar-refractivity contribution in [2.45, 2.75) is 52.4 Å². The first-order chi connectivity index (χ1) is 13.8. The van der Waals surface area contributed by atoms with E-state index in [-0.39, 0.29) is 29.6 Å². The molecular weight excluding hydrogens is 372 g/mol. The average Bonchev–Trinajstić information content (AvgIpc) is 2.93. The van der Waals surface area contributed by atoms with Crippen molar-refractivity contribution in [3.63, 3.8) is 0 Å². The third-order valence-corrected chi connectivity index (χ3v) is 5.78. The SMILES string of the molecule is Cc1cccc(C(C)C)c1NC(=O)COC(=O)CN1C(=O)[C@@H]2CCCC[C@H]2C1=O. The second-order valence-corrected chi connectivity index (χ2v) is 8.16. The number of hydrogen-bond acceptors (Lipinski definition) is 5. The molecule has 1 saturated carbocycles. The summed E-state index contributed by atoms with van der Waals surface area (Å²) in [4.78, 5) is 50.3. The summed E-state index contributed by atoms with van der Waals surface area (Å²) in [5.74, 6) is -2.17. The smallest absolute Gasteiger partial charge is 0.326 e. The molecule has 7 heteroatoms. The summed E-state index contributed by atoms with van der Waals surface area (Å²) in [6.45, 7) is 5.07. The third-order valence-electron chi connectivity index (χ3n) is 5.78. The number of para-hydroxylation sites is 1. The van der Waals surface area contributed by atoms with Crippen LogP contribution in [0.15, 0.2) is 18.2 Å². The van der Waals surface area contributed by atoms with E-state index in [1.807, 2.05) is 39.0 Å². The number of benzene rings is 1. The van der Waals surface area contributed by atoms with Crippen molar-refractivity contribution in [3.05, 3.63) is 29.3 Å². The Bertz CT molecular complexity index is 808. The number of fused-ring (bicyclic) bond motifs is 1. The summed E-state index contributed by atoms with van der Waals surface area (Å²) >= 11 is 0. The van der Waals surface area contributed by atoms with Crippen LogP contribution in [-0.2, 0) is 23.9 Å². The molecule has 0 bridgehead atoms. The first kappa shape index (κ1) is 21.0. The molecule has 1 aromatic carbocycles. The number of nitrogens with one attached hydrogen (secondary N) is 1. The number of nitrogens with zero attached hydrogens (tertiary/aromatic N) is 1. The zero-order valence-corrected chi connectivity index (χ0v) is 17.2. The van der Waals surface area contributed by atoms with E-state index in [2.05, 4.69) is 5.32 Å². The van der Waals surface area contributed by atoms with E-state index in [1.54, 1.807) is 0 Å². The Morgan fingerprint density at radius 1 is 1.14 bits per heavy atom. The van der Waals surface area contributed by atoms with Gasteiger partial charge >= 0.3 is 5.97 Å². The molecule has 1 aromatic rings. The Kier molecular flexibility index (Phi) is 6.35. The lowest BCUT2D eigenvalue weighted by Crippen LogP contribution is -2.37. The summed E-state index contributed by atoms with van der Waals surface area (Å²) in [5.41, 5.74) is 2.64. The molecule has 3 rings (SSSR count). The van der Waals surface area contributed by atoms with Crippen molar-refractivity contribution in [1.29, 1.82) is 0 Å². The van der Waals surface area contributed by atoms with E-state index in [0.29, 0.717) is 12.8 Å². The highest BCUT2D eigenvalue weighted by molar-refractivity contribution is 6.07. The molecule has 1 aliphatic heterocycles. The van der Waals surface area contributed by atoms with E-state index in [1.165, 1.54) is 0 Å². The first-order valence-electron chi connectivity index (χ1n) is 10.2. The van der Waals surface area contributed by atoms with Crippen LogP contribution in [0.4, 0.5) is 5.69 Å². The van der Waals surface area contributed by atoms with Crippen LogP contribution in [0.5, 0.6) is 0 Å². The van der Waals surface area contributed by atoms with Crippen LogP contribution in [0.3, 0.4) is 0 Å². The Labute approximate surface area is 170 Å². The highest BCUT2D eigenvalue weighted by Crippen LogP contribution is 2.37. The maximum atomic E-state index is 12.4. The van der Waals surface area contributed by atoms with E-state index < -0.39 is 25.0 Å². The maximum Gasteiger partial charge on any atom is 0.326 e. The molecule has 3 amide bonds. The Balaban J connectivity index is 1.54. The molecular formula is C22H28N2O5. The zero-order valence-electron chi connectivity index (χ0n) is 17.2. The Hall–Kier alpha value is -2.70. The lowest BCUT2D eigenvalue weighted by Gasteiger charge is -2.19. The molecule has 1 aliphatic carbocycles. The van der Waals surface area contributed by atoms with Crippen LogP contribution in [0.1, 0.15) is 56.6 Å². The van der Waals surface area contributed by atoms with E-state index in [9.17, 15) is 19.2 Å². The van der Waals surface area contributed by atoms with Gasteiger partial charge in [-0.15, -0.1) is 0 Å². The second kappa shape index (κ2) is 8.76. The second-order valence-electron chi connectivity index (χ2n) is 8.16. The van der Waals surface area contributed by atoms with Crippen LogP contribution in [0.25, 0.3) is 0 Å². The minimum absolute atomic E-state index is 0.225. The molecule has 0 aromatic heterocycles. The fourth-order valence-electron chi connectivity index (χ4n) is 4.23. The van der Waals surface area contributed by atoms with Crippen LogP contribution in [0, 0.1) is 18.8 Å². The van der Waals surface area contributed by atoms with E-state index >= 15 is 0 Å². The van der Waals surface area contributed by atoms with Gasteiger partial charge in [-0.05, 0) is 36.8 Å². The molecule has 2 fully saturated rings. The standard InChI is InChI=1S/C22H28N2O5/c1-13(2)15-10-6-7-14(3)20(15)23-18(25)12-29-19(26)11-24-21(27)16-8-4-5-9-17(16)22(24)28/h6-7,10,13,16-17H,4-5,8-9,11-12H2,1-3H3,(H,23,25)/t16-,17-/m1/s1. The van der Waals surface area contributed by atoms with Crippen molar-refractivity contribution < 1.29 is 23.9 Å². The number of likely N-dealkylation sites (tertiary alicyclic amines) is 1. The largest absolute Gasteiger partial charge is 0.454 e. The van der Waals surface area contributed by atoms with Crippen LogP contribution in [-0.4, -0.2) is 41.7 Å². The highest BCUT2D eigenvalue weighted by atomic mass is 16.5. The maximum absolute atomic E-state index is 12.4. The van der Waals surface area contributed by atoms with Gasteiger partial charge in [-0.1, -0.05) is 44.9 Å². The number of aryl methyl sites for hydroxylation is 1. The van der Waals surface area contributed by atoms with Gasteiger partial charge in [0.15, 0.2) is 6.61 Å². The topological polar surface area (TPSA) is 92.8 Å². The number of anilines is 1. The van der Waals surface area contributed by atoms with Gasteiger partial charge in [0.1, 0.15) is 6.54 Å². The van der Waals surface area contributed by atoms with Crippen molar-refractivity contribution in [3.8, 4) is 0 Å². The highest BCUT2D eigenvalue weighted by Gasteiger charge is 2.48. The fourth-order valence-corrected chi connectivity index (χ4v) is 4.23. The number of amides is 3. The minimum Gasteiger partial charge on any atom is -0.454 e. The van der Waals surface area contributed by atoms with Gasteiger partial charge < -0.3 is 10.1 Å².